The first-order valence-electron chi connectivity index (χ1n) is 6.20. The minimum Gasteiger partial charge on any atom is -0.338 e. The standard InChI is InChI=1S/C12H21N3O/c1-9(2)12-13-11(16-14-12)8-15-6-4-5-10(3)7-15/h9-10H,4-8H2,1-3H3. The molecule has 4 nitrogen and oxygen atoms in total. The van der Waals surface area contributed by atoms with E-state index in [1.54, 1.807) is 0 Å². The van der Waals surface area contributed by atoms with E-state index in [1.807, 2.05) is 0 Å². The quantitative estimate of drug-likeness (QED) is 0.789. The molecule has 16 heavy (non-hydrogen) atoms. The van der Waals surface area contributed by atoms with Crippen molar-refractivity contribution in [2.75, 3.05) is 13.1 Å². The fourth-order valence-electron chi connectivity index (χ4n) is 2.19. The Kier molecular flexibility index (Phi) is 3.59. The average Bonchev–Trinajstić information content (AvgIpc) is 2.66. The summed E-state index contributed by atoms with van der Waals surface area (Å²) in [7, 11) is 0. The molecule has 0 radical (unpaired) electrons. The number of hydrogen-bond donors (Lipinski definition) is 0. The zero-order valence-corrected chi connectivity index (χ0v) is 10.4. The van der Waals surface area contributed by atoms with Crippen LogP contribution in [0.15, 0.2) is 4.52 Å². The van der Waals surface area contributed by atoms with Crippen molar-refractivity contribution >= 4 is 0 Å². The second-order valence-electron chi connectivity index (χ2n) is 5.18. The van der Waals surface area contributed by atoms with E-state index in [9.17, 15) is 0 Å². The molecule has 0 aliphatic carbocycles. The predicted molar refractivity (Wildman–Crippen MR) is 62.1 cm³/mol. The lowest BCUT2D eigenvalue weighted by atomic mass is 10.0. The second kappa shape index (κ2) is 4.95. The Hall–Kier alpha value is -0.900. The average molecular weight is 223 g/mol. The third-order valence-corrected chi connectivity index (χ3v) is 3.10. The maximum absolute atomic E-state index is 5.26. The van der Waals surface area contributed by atoms with Crippen LogP contribution in [0.5, 0.6) is 0 Å². The largest absolute Gasteiger partial charge is 0.338 e. The van der Waals surface area contributed by atoms with Crippen LogP contribution in [0.3, 0.4) is 0 Å². The minimum absolute atomic E-state index is 0.345. The molecule has 1 aromatic rings. The highest BCUT2D eigenvalue weighted by molar-refractivity contribution is 4.91. The molecule has 0 amide bonds. The normalized spacial score (nSPS) is 22.9. The van der Waals surface area contributed by atoms with Crippen LogP contribution in [0.25, 0.3) is 0 Å². The first-order valence-corrected chi connectivity index (χ1v) is 6.20. The molecule has 1 atom stereocenters. The molecule has 1 aliphatic rings. The van der Waals surface area contributed by atoms with Crippen molar-refractivity contribution in [2.45, 2.75) is 46.1 Å². The van der Waals surface area contributed by atoms with Crippen molar-refractivity contribution in [3.05, 3.63) is 11.7 Å². The first-order chi connectivity index (χ1) is 7.65. The lowest BCUT2D eigenvalue weighted by Crippen LogP contribution is -2.33. The van der Waals surface area contributed by atoms with Gasteiger partial charge in [-0.15, -0.1) is 0 Å². The van der Waals surface area contributed by atoms with E-state index in [1.165, 1.54) is 12.8 Å². The summed E-state index contributed by atoms with van der Waals surface area (Å²) >= 11 is 0. The topological polar surface area (TPSA) is 42.2 Å². The van der Waals surface area contributed by atoms with E-state index in [-0.39, 0.29) is 0 Å². The molecule has 1 fully saturated rings. The highest BCUT2D eigenvalue weighted by Gasteiger charge is 2.19. The van der Waals surface area contributed by atoms with E-state index in [2.05, 4.69) is 35.8 Å². The maximum atomic E-state index is 5.26. The molecule has 0 bridgehead atoms. The first kappa shape index (κ1) is 11.6. The van der Waals surface area contributed by atoms with E-state index in [4.69, 9.17) is 4.52 Å². The molecule has 4 heteroatoms. The van der Waals surface area contributed by atoms with Gasteiger partial charge in [0.05, 0.1) is 6.54 Å². The Morgan fingerprint density at radius 1 is 1.50 bits per heavy atom. The lowest BCUT2D eigenvalue weighted by Gasteiger charge is -2.29. The second-order valence-corrected chi connectivity index (χ2v) is 5.18. The molecule has 1 saturated heterocycles. The van der Waals surface area contributed by atoms with Gasteiger partial charge in [-0.05, 0) is 25.3 Å². The van der Waals surface area contributed by atoms with Gasteiger partial charge < -0.3 is 4.52 Å². The highest BCUT2D eigenvalue weighted by Crippen LogP contribution is 2.18. The van der Waals surface area contributed by atoms with Crippen LogP contribution in [0.2, 0.25) is 0 Å². The fraction of sp³-hybridized carbons (Fsp3) is 0.833. The fourth-order valence-corrected chi connectivity index (χ4v) is 2.19. The minimum atomic E-state index is 0.345. The van der Waals surface area contributed by atoms with Crippen molar-refractivity contribution in [3.63, 3.8) is 0 Å². The monoisotopic (exact) mass is 223 g/mol. The van der Waals surface area contributed by atoms with Gasteiger partial charge >= 0.3 is 0 Å². The third-order valence-electron chi connectivity index (χ3n) is 3.10. The predicted octanol–water partition coefficient (Wildman–Crippen LogP) is 2.42. The van der Waals surface area contributed by atoms with Crippen LogP contribution in [0.4, 0.5) is 0 Å². The number of rotatable bonds is 3. The Bertz CT molecular complexity index is 335. The van der Waals surface area contributed by atoms with Crippen molar-refractivity contribution in [3.8, 4) is 0 Å². The number of aromatic nitrogens is 2. The number of piperidine rings is 1. The van der Waals surface area contributed by atoms with Crippen LogP contribution in [0.1, 0.15) is 51.2 Å². The zero-order valence-electron chi connectivity index (χ0n) is 10.4. The molecule has 1 aliphatic heterocycles. The van der Waals surface area contributed by atoms with Crippen LogP contribution in [-0.2, 0) is 6.54 Å². The zero-order chi connectivity index (χ0) is 11.5. The lowest BCUT2D eigenvalue weighted by molar-refractivity contribution is 0.157. The van der Waals surface area contributed by atoms with Gasteiger partial charge in [-0.1, -0.05) is 25.9 Å². The summed E-state index contributed by atoms with van der Waals surface area (Å²) in [5.74, 6) is 2.72. The Balaban J connectivity index is 1.92. The van der Waals surface area contributed by atoms with Crippen molar-refractivity contribution in [2.24, 2.45) is 5.92 Å². The van der Waals surface area contributed by atoms with Crippen molar-refractivity contribution in [1.29, 1.82) is 0 Å². The summed E-state index contributed by atoms with van der Waals surface area (Å²) in [6, 6.07) is 0. The summed E-state index contributed by atoms with van der Waals surface area (Å²) in [6.07, 6.45) is 2.63. The molecular formula is C12H21N3O. The molecule has 1 unspecified atom stereocenters. The van der Waals surface area contributed by atoms with Gasteiger partial charge in [-0.3, -0.25) is 4.90 Å². The summed E-state index contributed by atoms with van der Waals surface area (Å²) in [5.41, 5.74) is 0. The van der Waals surface area contributed by atoms with E-state index in [0.29, 0.717) is 5.92 Å². The summed E-state index contributed by atoms with van der Waals surface area (Å²) < 4.78 is 5.26. The molecule has 90 valence electrons. The smallest absolute Gasteiger partial charge is 0.240 e. The molecule has 2 rings (SSSR count). The number of hydrogen-bond acceptors (Lipinski definition) is 4. The van der Waals surface area contributed by atoms with Crippen LogP contribution < -0.4 is 0 Å². The van der Waals surface area contributed by atoms with Gasteiger partial charge in [0.1, 0.15) is 0 Å². The molecule has 0 aromatic carbocycles. The third kappa shape index (κ3) is 2.82. The van der Waals surface area contributed by atoms with Gasteiger partial charge in [-0.2, -0.15) is 4.98 Å². The van der Waals surface area contributed by atoms with E-state index in [0.717, 1.165) is 37.3 Å². The maximum Gasteiger partial charge on any atom is 0.240 e. The molecule has 0 N–H and O–H groups in total. The van der Waals surface area contributed by atoms with Gasteiger partial charge in [0.15, 0.2) is 5.82 Å². The molecular weight excluding hydrogens is 202 g/mol. The van der Waals surface area contributed by atoms with Crippen LogP contribution in [0, 0.1) is 5.92 Å². The van der Waals surface area contributed by atoms with Crippen molar-refractivity contribution < 1.29 is 4.52 Å². The van der Waals surface area contributed by atoms with Gasteiger partial charge in [0.2, 0.25) is 5.89 Å². The Labute approximate surface area is 97.0 Å². The molecule has 0 saturated carbocycles. The summed E-state index contributed by atoms with van der Waals surface area (Å²) in [6.45, 7) is 9.59. The summed E-state index contributed by atoms with van der Waals surface area (Å²) in [4.78, 5) is 6.82. The molecule has 2 heterocycles. The summed E-state index contributed by atoms with van der Waals surface area (Å²) in [5, 5.41) is 3.99. The Morgan fingerprint density at radius 3 is 2.94 bits per heavy atom. The van der Waals surface area contributed by atoms with Gasteiger partial charge in [-0.25, -0.2) is 0 Å². The van der Waals surface area contributed by atoms with Crippen molar-refractivity contribution in [1.82, 2.24) is 15.0 Å². The number of nitrogens with zero attached hydrogens (tertiary/aromatic N) is 3. The van der Waals surface area contributed by atoms with E-state index >= 15 is 0 Å². The molecule has 0 spiro atoms. The van der Waals surface area contributed by atoms with Gasteiger partial charge in [0.25, 0.3) is 0 Å². The SMILES string of the molecule is CC1CCCN(Cc2nc(C(C)C)no2)C1. The van der Waals surface area contributed by atoms with E-state index < -0.39 is 0 Å². The molecule has 1 aromatic heterocycles. The number of likely N-dealkylation sites (tertiary alicyclic amines) is 1. The van der Waals surface area contributed by atoms with Crippen LogP contribution in [-0.4, -0.2) is 28.1 Å². The van der Waals surface area contributed by atoms with Crippen LogP contribution >= 0.6 is 0 Å². The Morgan fingerprint density at radius 2 is 2.31 bits per heavy atom. The highest BCUT2D eigenvalue weighted by atomic mass is 16.5. The van der Waals surface area contributed by atoms with Gasteiger partial charge in [0, 0.05) is 12.5 Å².